The highest BCUT2D eigenvalue weighted by atomic mass is 16.1. The normalized spacial score (nSPS) is 11.6. The number of benzene rings is 2. The summed E-state index contributed by atoms with van der Waals surface area (Å²) in [4.78, 5) is 25.7. The number of hydrogen-bond acceptors (Lipinski definition) is 2. The van der Waals surface area contributed by atoms with E-state index in [1.54, 1.807) is 0 Å². The quantitative estimate of drug-likeness (QED) is 0.343. The SMILES string of the molecule is Cc1ccccc1Cn1cc(C(c2c(C)[nH][nH]c2=O)c2c(C)[nH][nH]c2=O)c2ccccc21. The van der Waals surface area contributed by atoms with E-state index in [0.717, 1.165) is 27.9 Å². The van der Waals surface area contributed by atoms with Crippen molar-refractivity contribution in [1.29, 1.82) is 0 Å². The summed E-state index contributed by atoms with van der Waals surface area (Å²) in [6.45, 7) is 6.51. The van der Waals surface area contributed by atoms with Crippen LogP contribution >= 0.6 is 0 Å². The van der Waals surface area contributed by atoms with Crippen molar-refractivity contribution >= 4 is 10.9 Å². The monoisotopic (exact) mass is 427 g/mol. The molecule has 32 heavy (non-hydrogen) atoms. The molecule has 0 spiro atoms. The Hall–Kier alpha value is -4.00. The van der Waals surface area contributed by atoms with Crippen LogP contribution in [-0.4, -0.2) is 25.0 Å². The van der Waals surface area contributed by atoms with Gasteiger partial charge in [-0.2, -0.15) is 0 Å². The van der Waals surface area contributed by atoms with Gasteiger partial charge in [0.25, 0.3) is 11.1 Å². The van der Waals surface area contributed by atoms with Crippen LogP contribution in [0.2, 0.25) is 0 Å². The number of hydrogen-bond donors (Lipinski definition) is 4. The van der Waals surface area contributed by atoms with Crippen LogP contribution in [0.3, 0.4) is 0 Å². The fourth-order valence-electron chi connectivity index (χ4n) is 4.67. The van der Waals surface area contributed by atoms with Gasteiger partial charge < -0.3 is 14.8 Å². The van der Waals surface area contributed by atoms with Crippen LogP contribution in [0.15, 0.2) is 64.3 Å². The minimum atomic E-state index is -0.511. The number of fused-ring (bicyclic) bond motifs is 1. The van der Waals surface area contributed by atoms with Gasteiger partial charge in [-0.3, -0.25) is 19.8 Å². The molecule has 0 fully saturated rings. The van der Waals surface area contributed by atoms with Crippen LogP contribution in [0.4, 0.5) is 0 Å². The maximum Gasteiger partial charge on any atom is 0.268 e. The summed E-state index contributed by atoms with van der Waals surface area (Å²) in [7, 11) is 0. The third kappa shape index (κ3) is 3.13. The van der Waals surface area contributed by atoms with E-state index >= 15 is 0 Å². The van der Waals surface area contributed by atoms with Crippen molar-refractivity contribution in [2.24, 2.45) is 0 Å². The summed E-state index contributed by atoms with van der Waals surface area (Å²) in [5, 5.41) is 12.2. The lowest BCUT2D eigenvalue weighted by Crippen LogP contribution is -2.20. The Morgan fingerprint density at radius 2 is 1.38 bits per heavy atom. The first kappa shape index (κ1) is 19.9. The van der Waals surface area contributed by atoms with Crippen LogP contribution in [0.5, 0.6) is 0 Å². The standard InChI is InChI=1S/C25H25N5O2/c1-14-8-4-5-9-17(14)12-30-13-19(18-10-6-7-11-20(18)30)23(21-15(2)26-28-24(21)31)22-16(3)27-29-25(22)32/h4-11,13,23H,12H2,1-3H3,(H2,26,28,31)(H2,27,29,32). The molecule has 0 bridgehead atoms. The number of aromatic amines is 4. The zero-order valence-corrected chi connectivity index (χ0v) is 18.2. The minimum Gasteiger partial charge on any atom is -0.343 e. The summed E-state index contributed by atoms with van der Waals surface area (Å²) >= 11 is 0. The Balaban J connectivity index is 1.79. The maximum atomic E-state index is 12.8. The number of rotatable bonds is 5. The molecule has 7 heteroatoms. The third-order valence-electron chi connectivity index (χ3n) is 6.33. The molecule has 5 rings (SSSR count). The van der Waals surface area contributed by atoms with E-state index in [-0.39, 0.29) is 11.1 Å². The lowest BCUT2D eigenvalue weighted by atomic mass is 9.85. The molecule has 0 saturated heterocycles. The summed E-state index contributed by atoms with van der Waals surface area (Å²) in [5.74, 6) is -0.511. The summed E-state index contributed by atoms with van der Waals surface area (Å²) in [6, 6.07) is 16.5. The molecule has 0 aliphatic carbocycles. The zero-order valence-electron chi connectivity index (χ0n) is 18.2. The molecule has 162 valence electrons. The molecule has 0 aliphatic rings. The number of nitrogens with one attached hydrogen (secondary N) is 4. The van der Waals surface area contributed by atoms with Crippen LogP contribution in [-0.2, 0) is 6.54 Å². The largest absolute Gasteiger partial charge is 0.343 e. The van der Waals surface area contributed by atoms with Gasteiger partial charge in [0.1, 0.15) is 0 Å². The Kier molecular flexibility index (Phi) is 4.74. The molecular weight excluding hydrogens is 402 g/mol. The first-order valence-electron chi connectivity index (χ1n) is 10.6. The van der Waals surface area contributed by atoms with Gasteiger partial charge in [0.15, 0.2) is 0 Å². The molecule has 0 radical (unpaired) electrons. The van der Waals surface area contributed by atoms with E-state index in [0.29, 0.717) is 17.7 Å². The molecule has 3 heterocycles. The Bertz CT molecular complexity index is 1490. The Labute approximate surface area is 184 Å². The fourth-order valence-corrected chi connectivity index (χ4v) is 4.67. The first-order valence-corrected chi connectivity index (χ1v) is 10.6. The maximum absolute atomic E-state index is 12.8. The number of para-hydroxylation sites is 1. The second-order valence-electron chi connectivity index (χ2n) is 8.32. The van der Waals surface area contributed by atoms with Crippen molar-refractivity contribution in [3.8, 4) is 0 Å². The van der Waals surface area contributed by atoms with E-state index in [1.165, 1.54) is 11.1 Å². The Morgan fingerprint density at radius 1 is 0.781 bits per heavy atom. The zero-order chi connectivity index (χ0) is 22.4. The third-order valence-corrected chi connectivity index (χ3v) is 6.33. The smallest absolute Gasteiger partial charge is 0.268 e. The predicted octanol–water partition coefficient (Wildman–Crippen LogP) is 3.83. The average Bonchev–Trinajstić information content (AvgIpc) is 3.42. The second-order valence-corrected chi connectivity index (χ2v) is 8.32. The van der Waals surface area contributed by atoms with Gasteiger partial charge in [-0.15, -0.1) is 0 Å². The molecule has 7 nitrogen and oxygen atoms in total. The van der Waals surface area contributed by atoms with Gasteiger partial charge in [0.2, 0.25) is 0 Å². The molecule has 0 unspecified atom stereocenters. The van der Waals surface area contributed by atoms with Gasteiger partial charge in [0, 0.05) is 35.0 Å². The van der Waals surface area contributed by atoms with Gasteiger partial charge >= 0.3 is 0 Å². The summed E-state index contributed by atoms with van der Waals surface area (Å²) < 4.78 is 2.20. The molecule has 5 aromatic rings. The van der Waals surface area contributed by atoms with Crippen LogP contribution in [0, 0.1) is 20.8 Å². The Morgan fingerprint density at radius 3 is 1.97 bits per heavy atom. The first-order chi connectivity index (χ1) is 15.5. The molecule has 0 atom stereocenters. The van der Waals surface area contributed by atoms with Crippen molar-refractivity contribution in [3.63, 3.8) is 0 Å². The van der Waals surface area contributed by atoms with Gasteiger partial charge in [-0.1, -0.05) is 42.5 Å². The van der Waals surface area contributed by atoms with E-state index in [2.05, 4.69) is 62.3 Å². The number of aryl methyl sites for hydroxylation is 3. The minimum absolute atomic E-state index is 0.219. The highest BCUT2D eigenvalue weighted by Crippen LogP contribution is 2.37. The highest BCUT2D eigenvalue weighted by molar-refractivity contribution is 5.86. The molecular formula is C25H25N5O2. The van der Waals surface area contributed by atoms with Crippen molar-refractivity contribution in [3.05, 3.63) is 115 Å². The summed E-state index contributed by atoms with van der Waals surface area (Å²) in [5.41, 5.74) is 6.54. The van der Waals surface area contributed by atoms with E-state index in [4.69, 9.17) is 0 Å². The van der Waals surface area contributed by atoms with Crippen molar-refractivity contribution in [2.45, 2.75) is 33.2 Å². The van der Waals surface area contributed by atoms with Crippen LogP contribution in [0.25, 0.3) is 10.9 Å². The van der Waals surface area contributed by atoms with Crippen molar-refractivity contribution < 1.29 is 0 Å². The predicted molar refractivity (Wildman–Crippen MR) is 125 cm³/mol. The van der Waals surface area contributed by atoms with Crippen molar-refractivity contribution in [1.82, 2.24) is 25.0 Å². The van der Waals surface area contributed by atoms with Gasteiger partial charge in [-0.05, 0) is 43.5 Å². The van der Waals surface area contributed by atoms with E-state index < -0.39 is 5.92 Å². The molecule has 0 aliphatic heterocycles. The lowest BCUT2D eigenvalue weighted by Gasteiger charge is -2.15. The number of aromatic nitrogens is 5. The van der Waals surface area contributed by atoms with Gasteiger partial charge in [-0.25, -0.2) is 0 Å². The van der Waals surface area contributed by atoms with E-state index in [9.17, 15) is 9.59 Å². The van der Waals surface area contributed by atoms with Crippen LogP contribution in [0.1, 0.15) is 45.1 Å². The number of nitrogens with zero attached hydrogens (tertiary/aromatic N) is 1. The highest BCUT2D eigenvalue weighted by Gasteiger charge is 2.30. The molecule has 3 aromatic heterocycles. The molecule has 4 N–H and O–H groups in total. The molecule has 0 amide bonds. The van der Waals surface area contributed by atoms with E-state index in [1.807, 2.05) is 38.1 Å². The number of H-pyrrole nitrogens is 4. The van der Waals surface area contributed by atoms with Crippen LogP contribution < -0.4 is 11.1 Å². The topological polar surface area (TPSA) is 102 Å². The second kappa shape index (κ2) is 7.60. The van der Waals surface area contributed by atoms with Crippen molar-refractivity contribution in [2.75, 3.05) is 0 Å². The lowest BCUT2D eigenvalue weighted by molar-refractivity contribution is 0.817. The average molecular weight is 428 g/mol. The summed E-state index contributed by atoms with van der Waals surface area (Å²) in [6.07, 6.45) is 2.08. The fraction of sp³-hybridized carbons (Fsp3) is 0.200. The molecule has 2 aromatic carbocycles. The molecule has 0 saturated carbocycles. The van der Waals surface area contributed by atoms with Gasteiger partial charge in [0.05, 0.1) is 17.0 Å².